The fourth-order valence-electron chi connectivity index (χ4n) is 4.68. The van der Waals surface area contributed by atoms with Gasteiger partial charge in [-0.15, -0.1) is 0 Å². The van der Waals surface area contributed by atoms with Gasteiger partial charge in [-0.1, -0.05) is 0 Å². The lowest BCUT2D eigenvalue weighted by Gasteiger charge is -2.32. The molecule has 1 aliphatic heterocycles. The molecule has 0 saturated heterocycles. The highest BCUT2D eigenvalue weighted by atomic mass is 19.4. The molecule has 0 spiro atoms. The normalized spacial score (nSPS) is 18.0. The highest BCUT2D eigenvalue weighted by molar-refractivity contribution is 5.95. The summed E-state index contributed by atoms with van der Waals surface area (Å²) >= 11 is 0. The number of aliphatic hydroxyl groups is 2. The van der Waals surface area contributed by atoms with Crippen molar-refractivity contribution in [3.8, 4) is 28.5 Å². The number of alkyl halides is 3. The van der Waals surface area contributed by atoms with Gasteiger partial charge in [0.1, 0.15) is 30.3 Å². The summed E-state index contributed by atoms with van der Waals surface area (Å²) in [6.07, 6.45) is -6.14. The van der Waals surface area contributed by atoms with Crippen LogP contribution in [0.15, 0.2) is 48.5 Å². The van der Waals surface area contributed by atoms with Gasteiger partial charge in [0, 0.05) is 23.6 Å². The third kappa shape index (κ3) is 6.55. The van der Waals surface area contributed by atoms with E-state index in [2.05, 4.69) is 15.6 Å². The number of carbonyl (C=O) groups is 2. The summed E-state index contributed by atoms with van der Waals surface area (Å²) in [6.45, 7) is 2.71. The zero-order valence-electron chi connectivity index (χ0n) is 24.2. The average Bonchev–Trinajstić information content (AvgIpc) is 3.29. The number of carbonyl (C=O) groups excluding carboxylic acids is 2. The number of benzene rings is 2. The molecule has 2 amide bonds. The summed E-state index contributed by atoms with van der Waals surface area (Å²) < 4.78 is 74.0. The molecule has 3 aromatic rings. The van der Waals surface area contributed by atoms with E-state index >= 15 is 0 Å². The van der Waals surface area contributed by atoms with Crippen molar-refractivity contribution in [3.05, 3.63) is 71.2 Å². The van der Waals surface area contributed by atoms with Gasteiger partial charge in [-0.3, -0.25) is 9.59 Å². The lowest BCUT2D eigenvalue weighted by atomic mass is 9.88. The van der Waals surface area contributed by atoms with E-state index in [-0.39, 0.29) is 52.8 Å². The number of aromatic nitrogens is 1. The number of amides is 2. The predicted octanol–water partition coefficient (Wildman–Crippen LogP) is 3.58. The van der Waals surface area contributed by atoms with Crippen LogP contribution < -0.4 is 24.8 Å². The molecule has 1 aromatic heterocycles. The minimum Gasteiger partial charge on any atom is -0.493 e. The van der Waals surface area contributed by atoms with E-state index in [1.807, 2.05) is 0 Å². The number of ether oxygens (including phenoxy) is 3. The molecular weight excluding hydrogens is 590 g/mol. The molecule has 4 N–H and O–H groups in total. The monoisotopic (exact) mass is 621 g/mol. The van der Waals surface area contributed by atoms with Crippen LogP contribution >= 0.6 is 0 Å². The van der Waals surface area contributed by atoms with Gasteiger partial charge in [0.15, 0.2) is 17.2 Å². The molecule has 0 radical (unpaired) electrons. The number of fused-ring (bicyclic) bond motifs is 1. The van der Waals surface area contributed by atoms with E-state index in [0.29, 0.717) is 0 Å². The Morgan fingerprint density at radius 1 is 1.14 bits per heavy atom. The number of nitrogens with one attached hydrogen (secondary N) is 2. The van der Waals surface area contributed by atoms with Crippen LogP contribution in [0.4, 0.5) is 17.6 Å². The number of methoxy groups -OCH3 is 1. The van der Waals surface area contributed by atoms with Gasteiger partial charge in [0.05, 0.1) is 25.5 Å². The first-order chi connectivity index (χ1) is 20.6. The topological polar surface area (TPSA) is 139 Å². The Balaban J connectivity index is 1.74. The third-order valence-electron chi connectivity index (χ3n) is 6.95. The smallest absolute Gasteiger partial charge is 0.424 e. The van der Waals surface area contributed by atoms with Crippen molar-refractivity contribution in [1.29, 1.82) is 0 Å². The standard InChI is InChI=1S/C30H31F4N3O7/c1-16(38)13-43-22-10-7-19(11-23(22)42-4)27(40)35-14-29(41,30(32,33)34)24-12-21-26(44-15-28(21,3)37-17(2)39)25(36-24)18-5-8-20(31)9-6-18/h5-12,16,38,41H,13-15H2,1-4H3,(H,35,40)(H,37,39). The molecule has 236 valence electrons. The molecule has 3 unspecified atom stereocenters. The van der Waals surface area contributed by atoms with E-state index in [1.54, 1.807) is 0 Å². The van der Waals surface area contributed by atoms with Crippen LogP contribution in [0, 0.1) is 5.82 Å². The summed E-state index contributed by atoms with van der Waals surface area (Å²) in [4.78, 5) is 29.1. The molecule has 0 bridgehead atoms. The van der Waals surface area contributed by atoms with Gasteiger partial charge in [-0.2, -0.15) is 13.2 Å². The van der Waals surface area contributed by atoms with Gasteiger partial charge >= 0.3 is 6.18 Å². The molecule has 3 atom stereocenters. The van der Waals surface area contributed by atoms with Gasteiger partial charge < -0.3 is 35.1 Å². The Kier molecular flexibility index (Phi) is 9.07. The maximum Gasteiger partial charge on any atom is 0.424 e. The fraction of sp³-hybridized carbons (Fsp3) is 0.367. The van der Waals surface area contributed by atoms with Gasteiger partial charge in [-0.05, 0) is 62.4 Å². The minimum absolute atomic E-state index is 0.0511. The van der Waals surface area contributed by atoms with E-state index in [4.69, 9.17) is 14.2 Å². The molecular formula is C30H31F4N3O7. The zero-order valence-corrected chi connectivity index (χ0v) is 24.2. The maximum absolute atomic E-state index is 14.7. The second kappa shape index (κ2) is 12.3. The molecule has 2 aromatic carbocycles. The molecule has 14 heteroatoms. The highest BCUT2D eigenvalue weighted by Gasteiger charge is 2.57. The van der Waals surface area contributed by atoms with Crippen LogP contribution in [0.25, 0.3) is 11.3 Å². The largest absolute Gasteiger partial charge is 0.493 e. The predicted molar refractivity (Wildman–Crippen MR) is 149 cm³/mol. The third-order valence-corrected chi connectivity index (χ3v) is 6.95. The number of aliphatic hydroxyl groups excluding tert-OH is 1. The van der Waals surface area contributed by atoms with Gasteiger partial charge in [0.2, 0.25) is 11.5 Å². The SMILES string of the molecule is COc1cc(C(=O)NCC(O)(c2cc3c(c(-c4ccc(F)cc4)n2)OCC3(C)NC(C)=O)C(F)(F)F)ccc1OCC(C)O. The second-order valence-corrected chi connectivity index (χ2v) is 10.6. The fourth-order valence-corrected chi connectivity index (χ4v) is 4.68. The van der Waals surface area contributed by atoms with Crippen LogP contribution in [0.1, 0.15) is 42.4 Å². The number of nitrogens with zero attached hydrogens (tertiary/aromatic N) is 1. The Hall–Kier alpha value is -4.43. The summed E-state index contributed by atoms with van der Waals surface area (Å²) in [6, 6.07) is 9.58. The van der Waals surface area contributed by atoms with Crippen molar-refractivity contribution in [2.45, 2.75) is 44.2 Å². The van der Waals surface area contributed by atoms with Crippen molar-refractivity contribution in [3.63, 3.8) is 0 Å². The molecule has 10 nitrogen and oxygen atoms in total. The Bertz CT molecular complexity index is 1550. The Labute approximate surface area is 250 Å². The van der Waals surface area contributed by atoms with Crippen LogP contribution in [-0.2, 0) is 15.9 Å². The number of halogens is 4. The van der Waals surface area contributed by atoms with Gasteiger partial charge in [-0.25, -0.2) is 9.37 Å². The first-order valence-electron chi connectivity index (χ1n) is 13.4. The van der Waals surface area contributed by atoms with E-state index < -0.39 is 53.3 Å². The average molecular weight is 622 g/mol. The number of hydrogen-bond donors (Lipinski definition) is 4. The Morgan fingerprint density at radius 3 is 2.41 bits per heavy atom. The van der Waals surface area contributed by atoms with Crippen LogP contribution in [-0.4, -0.2) is 66.2 Å². The highest BCUT2D eigenvalue weighted by Crippen LogP contribution is 2.47. The number of rotatable bonds is 10. The number of hydrogen-bond acceptors (Lipinski definition) is 8. The van der Waals surface area contributed by atoms with Crippen molar-refractivity contribution in [2.75, 3.05) is 26.9 Å². The van der Waals surface area contributed by atoms with Crippen LogP contribution in [0.3, 0.4) is 0 Å². The summed E-state index contributed by atoms with van der Waals surface area (Å²) in [5.41, 5.74) is -5.83. The van der Waals surface area contributed by atoms with E-state index in [0.717, 1.165) is 18.2 Å². The lowest BCUT2D eigenvalue weighted by molar-refractivity contribution is -0.265. The van der Waals surface area contributed by atoms with Crippen molar-refractivity contribution >= 4 is 11.8 Å². The zero-order chi connectivity index (χ0) is 32.4. The molecule has 0 fully saturated rings. The van der Waals surface area contributed by atoms with E-state index in [9.17, 15) is 37.4 Å². The van der Waals surface area contributed by atoms with E-state index in [1.165, 1.54) is 58.2 Å². The first-order valence-corrected chi connectivity index (χ1v) is 13.4. The van der Waals surface area contributed by atoms with Crippen molar-refractivity contribution in [1.82, 2.24) is 15.6 Å². The van der Waals surface area contributed by atoms with Crippen molar-refractivity contribution in [2.24, 2.45) is 0 Å². The van der Waals surface area contributed by atoms with Crippen LogP contribution in [0.5, 0.6) is 17.2 Å². The molecule has 2 heterocycles. The van der Waals surface area contributed by atoms with Gasteiger partial charge in [0.25, 0.3) is 5.91 Å². The number of pyridine rings is 1. The summed E-state index contributed by atoms with van der Waals surface area (Å²) in [7, 11) is 1.30. The first kappa shape index (κ1) is 32.5. The molecule has 1 aliphatic rings. The molecule has 44 heavy (non-hydrogen) atoms. The minimum atomic E-state index is -5.35. The molecule has 0 saturated carbocycles. The maximum atomic E-state index is 14.7. The summed E-state index contributed by atoms with van der Waals surface area (Å²) in [5.74, 6) is -1.72. The lowest BCUT2D eigenvalue weighted by Crippen LogP contribution is -2.52. The second-order valence-electron chi connectivity index (χ2n) is 10.6. The van der Waals surface area contributed by atoms with Crippen molar-refractivity contribution < 1.29 is 51.6 Å². The Morgan fingerprint density at radius 2 is 1.82 bits per heavy atom. The molecule has 0 aliphatic carbocycles. The summed E-state index contributed by atoms with van der Waals surface area (Å²) in [5, 5.41) is 25.4. The quantitative estimate of drug-likeness (QED) is 0.252. The van der Waals surface area contributed by atoms with Crippen LogP contribution in [0.2, 0.25) is 0 Å². The molecule has 4 rings (SSSR count).